The molecule has 0 fully saturated rings. The number of ether oxygens (including phenoxy) is 1. The molecule has 0 bridgehead atoms. The molecule has 24 heavy (non-hydrogen) atoms. The molecule has 1 unspecified atom stereocenters. The maximum absolute atomic E-state index is 13.1. The van der Waals surface area contributed by atoms with Gasteiger partial charge in [-0.25, -0.2) is 4.98 Å². The van der Waals surface area contributed by atoms with E-state index in [0.717, 1.165) is 42.8 Å². The molecular weight excluding hydrogens is 300 g/mol. The summed E-state index contributed by atoms with van der Waals surface area (Å²) in [5, 5.41) is 0. The largest absolute Gasteiger partial charge is 0.496 e. The number of hydrogen-bond acceptors (Lipinski definition) is 3. The Morgan fingerprint density at radius 1 is 1.29 bits per heavy atom. The van der Waals surface area contributed by atoms with E-state index in [0.29, 0.717) is 6.54 Å². The second kappa shape index (κ2) is 7.20. The molecule has 1 aromatic carbocycles. The molecule has 128 valence electrons. The number of carbonyl (C=O) groups is 1. The Bertz CT molecular complexity index is 733. The summed E-state index contributed by atoms with van der Waals surface area (Å²) < 4.78 is 7.60. The Morgan fingerprint density at radius 2 is 2.04 bits per heavy atom. The van der Waals surface area contributed by atoms with Crippen LogP contribution in [0, 0.1) is 5.92 Å². The summed E-state index contributed by atoms with van der Waals surface area (Å²) >= 11 is 0. The van der Waals surface area contributed by atoms with Crippen molar-refractivity contribution in [2.75, 3.05) is 7.11 Å². The second-order valence-corrected chi connectivity index (χ2v) is 6.59. The van der Waals surface area contributed by atoms with E-state index in [1.165, 1.54) is 17.5 Å². The summed E-state index contributed by atoms with van der Waals surface area (Å²) in [5.74, 6) is 2.12. The quantitative estimate of drug-likeness (QED) is 0.757. The number of hydrogen-bond donors (Lipinski definition) is 0. The van der Waals surface area contributed by atoms with E-state index in [1.807, 2.05) is 31.5 Å². The Kier molecular flexibility index (Phi) is 5.03. The zero-order chi connectivity index (χ0) is 17.1. The van der Waals surface area contributed by atoms with Crippen LogP contribution in [-0.4, -0.2) is 22.4 Å². The van der Waals surface area contributed by atoms with Crippen LogP contribution in [0.1, 0.15) is 54.0 Å². The van der Waals surface area contributed by atoms with Gasteiger partial charge in [-0.05, 0) is 48.9 Å². The molecule has 1 heterocycles. The molecule has 0 radical (unpaired) electrons. The van der Waals surface area contributed by atoms with Gasteiger partial charge in [0.2, 0.25) is 0 Å². The monoisotopic (exact) mass is 326 g/mol. The highest BCUT2D eigenvalue weighted by atomic mass is 16.5. The highest BCUT2D eigenvalue weighted by Gasteiger charge is 2.24. The first-order valence-electron chi connectivity index (χ1n) is 8.88. The number of aromatic nitrogens is 2. The highest BCUT2D eigenvalue weighted by molar-refractivity contribution is 5.99. The zero-order valence-corrected chi connectivity index (χ0v) is 14.8. The van der Waals surface area contributed by atoms with Gasteiger partial charge in [0.15, 0.2) is 5.78 Å². The number of nitrogens with zero attached hydrogens (tertiary/aromatic N) is 2. The lowest BCUT2D eigenvalue weighted by Crippen LogP contribution is -2.21. The molecule has 1 aliphatic carbocycles. The van der Waals surface area contributed by atoms with Crippen molar-refractivity contribution >= 4 is 5.78 Å². The summed E-state index contributed by atoms with van der Waals surface area (Å²) in [7, 11) is 1.71. The summed E-state index contributed by atoms with van der Waals surface area (Å²) in [6, 6.07) is 3.91. The van der Waals surface area contributed by atoms with E-state index in [-0.39, 0.29) is 11.7 Å². The topological polar surface area (TPSA) is 44.1 Å². The van der Waals surface area contributed by atoms with Crippen LogP contribution >= 0.6 is 0 Å². The molecule has 4 nitrogen and oxygen atoms in total. The number of rotatable bonds is 6. The predicted molar refractivity (Wildman–Crippen MR) is 94.7 cm³/mol. The lowest BCUT2D eigenvalue weighted by Gasteiger charge is -2.23. The first-order chi connectivity index (χ1) is 11.7. The Morgan fingerprint density at radius 3 is 2.75 bits per heavy atom. The molecule has 3 rings (SSSR count). The van der Waals surface area contributed by atoms with Crippen LogP contribution in [0.2, 0.25) is 0 Å². The number of carbonyl (C=O) groups excluding carboxylic acids is 1. The molecule has 1 aliphatic rings. The van der Waals surface area contributed by atoms with Gasteiger partial charge in [-0.1, -0.05) is 13.8 Å². The molecule has 0 saturated carbocycles. The van der Waals surface area contributed by atoms with Crippen molar-refractivity contribution in [2.45, 2.75) is 52.5 Å². The minimum absolute atomic E-state index is 0.0658. The van der Waals surface area contributed by atoms with Gasteiger partial charge < -0.3 is 9.30 Å². The SMILES string of the molecule is CCc1nccn1CC(C)C(=O)c1ccc(OC)c2c1CCCC2. The fraction of sp³-hybridized carbons (Fsp3) is 0.500. The van der Waals surface area contributed by atoms with Crippen LogP contribution in [0.25, 0.3) is 0 Å². The van der Waals surface area contributed by atoms with Crippen molar-refractivity contribution in [2.24, 2.45) is 5.92 Å². The van der Waals surface area contributed by atoms with Crippen LogP contribution < -0.4 is 4.74 Å². The Balaban J connectivity index is 1.87. The first kappa shape index (κ1) is 16.7. The second-order valence-electron chi connectivity index (χ2n) is 6.59. The first-order valence-corrected chi connectivity index (χ1v) is 8.88. The van der Waals surface area contributed by atoms with Crippen LogP contribution in [-0.2, 0) is 25.8 Å². The minimum Gasteiger partial charge on any atom is -0.496 e. The summed E-state index contributed by atoms with van der Waals surface area (Å²) in [5.41, 5.74) is 3.33. The number of imidazole rings is 1. The van der Waals surface area contributed by atoms with Crippen LogP contribution in [0.5, 0.6) is 5.75 Å². The normalized spacial score (nSPS) is 15.0. The molecule has 0 N–H and O–H groups in total. The molecule has 0 amide bonds. The van der Waals surface area contributed by atoms with E-state index in [1.54, 1.807) is 7.11 Å². The van der Waals surface area contributed by atoms with E-state index < -0.39 is 0 Å². The van der Waals surface area contributed by atoms with Gasteiger partial charge in [0, 0.05) is 36.8 Å². The van der Waals surface area contributed by atoms with Gasteiger partial charge in [-0.3, -0.25) is 4.79 Å². The standard InChI is InChI=1S/C20H26N2O2/c1-4-19-21-11-12-22(19)13-14(2)20(23)17-9-10-18(24-3)16-8-6-5-7-15(16)17/h9-12,14H,4-8,13H2,1-3H3. The molecule has 0 spiro atoms. The number of Topliss-reactive ketones (excluding diaryl/α,β-unsaturated/α-hetero) is 1. The highest BCUT2D eigenvalue weighted by Crippen LogP contribution is 2.33. The fourth-order valence-electron chi connectivity index (χ4n) is 3.72. The maximum Gasteiger partial charge on any atom is 0.167 e. The number of ketones is 1. The van der Waals surface area contributed by atoms with Crippen molar-refractivity contribution in [3.8, 4) is 5.75 Å². The molecule has 0 aliphatic heterocycles. The molecule has 1 atom stereocenters. The minimum atomic E-state index is -0.0658. The van der Waals surface area contributed by atoms with E-state index in [4.69, 9.17) is 4.74 Å². The number of fused-ring (bicyclic) bond motifs is 1. The zero-order valence-electron chi connectivity index (χ0n) is 14.8. The Hall–Kier alpha value is -2.10. The van der Waals surface area contributed by atoms with Crippen molar-refractivity contribution in [1.82, 2.24) is 9.55 Å². The van der Waals surface area contributed by atoms with Gasteiger partial charge >= 0.3 is 0 Å². The van der Waals surface area contributed by atoms with Gasteiger partial charge in [0.05, 0.1) is 7.11 Å². The number of benzene rings is 1. The predicted octanol–water partition coefficient (Wildman–Crippen LogP) is 3.85. The van der Waals surface area contributed by atoms with E-state index in [2.05, 4.69) is 16.5 Å². The lowest BCUT2D eigenvalue weighted by molar-refractivity contribution is 0.0916. The molecule has 1 aromatic heterocycles. The van der Waals surface area contributed by atoms with Crippen LogP contribution in [0.4, 0.5) is 0 Å². The van der Waals surface area contributed by atoms with Gasteiger partial charge in [-0.15, -0.1) is 0 Å². The third kappa shape index (κ3) is 3.10. The molecule has 4 heteroatoms. The van der Waals surface area contributed by atoms with Gasteiger partial charge in [-0.2, -0.15) is 0 Å². The number of methoxy groups -OCH3 is 1. The lowest BCUT2D eigenvalue weighted by atomic mass is 9.84. The average Bonchev–Trinajstić information content (AvgIpc) is 3.07. The van der Waals surface area contributed by atoms with Crippen LogP contribution in [0.15, 0.2) is 24.5 Å². The third-order valence-electron chi connectivity index (χ3n) is 5.01. The van der Waals surface area contributed by atoms with Crippen molar-refractivity contribution < 1.29 is 9.53 Å². The molecule has 2 aromatic rings. The van der Waals surface area contributed by atoms with Crippen molar-refractivity contribution in [3.63, 3.8) is 0 Å². The third-order valence-corrected chi connectivity index (χ3v) is 5.01. The van der Waals surface area contributed by atoms with Gasteiger partial charge in [0.1, 0.15) is 11.6 Å². The Labute approximate surface area is 143 Å². The van der Waals surface area contributed by atoms with Crippen LogP contribution in [0.3, 0.4) is 0 Å². The molecule has 0 saturated heterocycles. The maximum atomic E-state index is 13.1. The smallest absolute Gasteiger partial charge is 0.167 e. The van der Waals surface area contributed by atoms with Crippen molar-refractivity contribution in [3.05, 3.63) is 47.0 Å². The summed E-state index contributed by atoms with van der Waals surface area (Å²) in [6.45, 7) is 4.79. The molecular formula is C20H26N2O2. The van der Waals surface area contributed by atoms with Crippen molar-refractivity contribution in [1.29, 1.82) is 0 Å². The summed E-state index contributed by atoms with van der Waals surface area (Å²) in [4.78, 5) is 17.4. The fourth-order valence-corrected chi connectivity index (χ4v) is 3.72. The van der Waals surface area contributed by atoms with E-state index >= 15 is 0 Å². The number of aryl methyl sites for hydroxylation is 1. The average molecular weight is 326 g/mol. The van der Waals surface area contributed by atoms with Gasteiger partial charge in [0.25, 0.3) is 0 Å². The van der Waals surface area contributed by atoms with E-state index in [9.17, 15) is 4.79 Å². The summed E-state index contributed by atoms with van der Waals surface area (Å²) in [6.07, 6.45) is 8.96.